The summed E-state index contributed by atoms with van der Waals surface area (Å²) in [5.41, 5.74) is 6.06. The lowest BCUT2D eigenvalue weighted by Gasteiger charge is -2.05. The van der Waals surface area contributed by atoms with Crippen molar-refractivity contribution in [1.82, 2.24) is 4.98 Å². The van der Waals surface area contributed by atoms with Crippen LogP contribution >= 0.6 is 11.3 Å². The van der Waals surface area contributed by atoms with E-state index in [4.69, 9.17) is 5.73 Å². The number of aromatic nitrogens is 1. The Balaban J connectivity index is 2.24. The third kappa shape index (κ3) is 3.52. The van der Waals surface area contributed by atoms with Crippen LogP contribution < -0.4 is 10.5 Å². The third-order valence-electron chi connectivity index (χ3n) is 2.11. The van der Waals surface area contributed by atoms with Gasteiger partial charge in [0.2, 0.25) is 0 Å². The first-order valence-corrected chi connectivity index (χ1v) is 7.67. The Kier molecular flexibility index (Phi) is 3.82. The molecule has 0 atom stereocenters. The molecule has 0 saturated heterocycles. The molecule has 0 aliphatic heterocycles. The second-order valence-corrected chi connectivity index (χ2v) is 6.27. The number of benzene rings is 1. The summed E-state index contributed by atoms with van der Waals surface area (Å²) in [6, 6.07) is 6.12. The molecule has 1 aromatic carbocycles. The van der Waals surface area contributed by atoms with Crippen LogP contribution in [0.3, 0.4) is 0 Å². The molecule has 2 aromatic rings. The SMILES string of the molecule is CC(N)=Nc1ccc(S(=O)(=O)Nc2nccs2)cc1. The van der Waals surface area contributed by atoms with E-state index in [1.165, 1.54) is 29.7 Å². The quantitative estimate of drug-likeness (QED) is 0.665. The number of hydrogen-bond acceptors (Lipinski definition) is 5. The van der Waals surface area contributed by atoms with Crippen molar-refractivity contribution in [3.63, 3.8) is 0 Å². The summed E-state index contributed by atoms with van der Waals surface area (Å²) in [6.45, 7) is 1.66. The highest BCUT2D eigenvalue weighted by Crippen LogP contribution is 2.20. The van der Waals surface area contributed by atoms with Crippen molar-refractivity contribution >= 4 is 38.0 Å². The lowest BCUT2D eigenvalue weighted by atomic mass is 10.3. The molecule has 0 aliphatic rings. The Morgan fingerprint density at radius 3 is 2.58 bits per heavy atom. The molecule has 100 valence electrons. The fraction of sp³-hybridized carbons (Fsp3) is 0.0909. The Hall–Kier alpha value is -1.93. The minimum atomic E-state index is -3.61. The summed E-state index contributed by atoms with van der Waals surface area (Å²) < 4.78 is 26.5. The van der Waals surface area contributed by atoms with Crippen LogP contribution in [0.5, 0.6) is 0 Å². The van der Waals surface area contributed by atoms with Gasteiger partial charge in [0.05, 0.1) is 16.4 Å². The molecule has 3 N–H and O–H groups in total. The highest BCUT2D eigenvalue weighted by atomic mass is 32.2. The minimum absolute atomic E-state index is 0.149. The van der Waals surface area contributed by atoms with Crippen molar-refractivity contribution in [2.24, 2.45) is 10.7 Å². The van der Waals surface area contributed by atoms with Gasteiger partial charge in [-0.25, -0.2) is 18.4 Å². The normalized spacial score (nSPS) is 12.4. The molecule has 1 heterocycles. The Morgan fingerprint density at radius 2 is 2.05 bits per heavy atom. The maximum absolute atomic E-state index is 12.0. The molecule has 0 unspecified atom stereocenters. The smallest absolute Gasteiger partial charge is 0.263 e. The second kappa shape index (κ2) is 5.37. The molecule has 19 heavy (non-hydrogen) atoms. The van der Waals surface area contributed by atoms with E-state index >= 15 is 0 Å². The van der Waals surface area contributed by atoms with E-state index in [0.29, 0.717) is 16.7 Å². The number of amidine groups is 1. The number of rotatable bonds is 4. The lowest BCUT2D eigenvalue weighted by Crippen LogP contribution is -2.12. The number of nitrogens with zero attached hydrogens (tertiary/aromatic N) is 2. The van der Waals surface area contributed by atoms with Gasteiger partial charge in [0, 0.05) is 11.6 Å². The molecule has 0 bridgehead atoms. The molecule has 2 rings (SSSR count). The first kappa shape index (κ1) is 13.5. The van der Waals surface area contributed by atoms with Gasteiger partial charge in [0.25, 0.3) is 10.0 Å². The number of nitrogens with one attached hydrogen (secondary N) is 1. The summed E-state index contributed by atoms with van der Waals surface area (Å²) in [5.74, 6) is 0.413. The summed E-state index contributed by atoms with van der Waals surface area (Å²) >= 11 is 1.22. The summed E-state index contributed by atoms with van der Waals surface area (Å²) in [4.78, 5) is 8.05. The first-order chi connectivity index (χ1) is 8.97. The number of aliphatic imine (C=N–C) groups is 1. The van der Waals surface area contributed by atoms with Crippen LogP contribution in [0.1, 0.15) is 6.92 Å². The largest absolute Gasteiger partial charge is 0.387 e. The van der Waals surface area contributed by atoms with E-state index in [9.17, 15) is 8.42 Å². The molecule has 0 amide bonds. The summed E-state index contributed by atoms with van der Waals surface area (Å²) in [7, 11) is -3.61. The van der Waals surface area contributed by atoms with Crippen LogP contribution in [-0.2, 0) is 10.0 Å². The highest BCUT2D eigenvalue weighted by Gasteiger charge is 2.14. The molecular weight excluding hydrogens is 284 g/mol. The number of nitrogens with two attached hydrogens (primary N) is 1. The summed E-state index contributed by atoms with van der Waals surface area (Å²) in [6.07, 6.45) is 1.53. The molecule has 1 aromatic heterocycles. The van der Waals surface area contributed by atoms with E-state index in [1.807, 2.05) is 0 Å². The van der Waals surface area contributed by atoms with E-state index in [2.05, 4.69) is 14.7 Å². The number of anilines is 1. The van der Waals surface area contributed by atoms with Crippen molar-refractivity contribution < 1.29 is 8.42 Å². The zero-order valence-electron chi connectivity index (χ0n) is 10.1. The predicted molar refractivity (Wildman–Crippen MR) is 76.3 cm³/mol. The first-order valence-electron chi connectivity index (χ1n) is 5.30. The monoisotopic (exact) mass is 296 g/mol. The fourth-order valence-electron chi connectivity index (χ4n) is 1.35. The standard InChI is InChI=1S/C11H12N4O2S2/c1-8(12)14-9-2-4-10(5-3-9)19(16,17)15-11-13-6-7-18-11/h2-7H,1H3,(H2,12,14)(H,13,15). The zero-order valence-corrected chi connectivity index (χ0v) is 11.7. The van der Waals surface area contributed by atoms with Crippen LogP contribution in [0.15, 0.2) is 45.7 Å². The van der Waals surface area contributed by atoms with Gasteiger partial charge >= 0.3 is 0 Å². The minimum Gasteiger partial charge on any atom is -0.387 e. The van der Waals surface area contributed by atoms with Gasteiger partial charge < -0.3 is 5.73 Å². The lowest BCUT2D eigenvalue weighted by molar-refractivity contribution is 0.601. The van der Waals surface area contributed by atoms with Gasteiger partial charge in [-0.15, -0.1) is 11.3 Å². The van der Waals surface area contributed by atoms with Crippen molar-refractivity contribution in [3.05, 3.63) is 35.8 Å². The van der Waals surface area contributed by atoms with Gasteiger partial charge in [-0.1, -0.05) is 0 Å². The molecule has 0 spiro atoms. The maximum atomic E-state index is 12.0. The Bertz CT molecular complexity index is 672. The van der Waals surface area contributed by atoms with Crippen LogP contribution in [0, 0.1) is 0 Å². The van der Waals surface area contributed by atoms with Crippen LogP contribution in [-0.4, -0.2) is 19.2 Å². The van der Waals surface area contributed by atoms with Crippen LogP contribution in [0.2, 0.25) is 0 Å². The zero-order chi connectivity index (χ0) is 13.9. The molecule has 0 fully saturated rings. The predicted octanol–water partition coefficient (Wildman–Crippen LogP) is 1.95. The molecule has 8 heteroatoms. The van der Waals surface area contributed by atoms with Gasteiger partial charge in [-0.3, -0.25) is 4.72 Å². The Morgan fingerprint density at radius 1 is 1.37 bits per heavy atom. The molecule has 0 radical (unpaired) electrons. The molecule has 6 nitrogen and oxygen atoms in total. The van der Waals surface area contributed by atoms with Crippen LogP contribution in [0.25, 0.3) is 0 Å². The van der Waals surface area contributed by atoms with E-state index in [0.717, 1.165) is 0 Å². The fourth-order valence-corrected chi connectivity index (χ4v) is 3.14. The maximum Gasteiger partial charge on any atom is 0.263 e. The number of hydrogen-bond donors (Lipinski definition) is 2. The van der Waals surface area contributed by atoms with Crippen LogP contribution in [0.4, 0.5) is 10.8 Å². The van der Waals surface area contributed by atoms with Crippen molar-refractivity contribution in [1.29, 1.82) is 0 Å². The molecule has 0 aliphatic carbocycles. The molecular formula is C11H12N4O2S2. The van der Waals surface area contributed by atoms with Crippen molar-refractivity contribution in [2.75, 3.05) is 4.72 Å². The van der Waals surface area contributed by atoms with E-state index < -0.39 is 10.0 Å². The summed E-state index contributed by atoms with van der Waals surface area (Å²) in [5, 5.41) is 2.03. The average molecular weight is 296 g/mol. The van der Waals surface area contributed by atoms with Gasteiger partial charge in [-0.2, -0.15) is 0 Å². The van der Waals surface area contributed by atoms with Crippen molar-refractivity contribution in [2.45, 2.75) is 11.8 Å². The van der Waals surface area contributed by atoms with Gasteiger partial charge in [-0.05, 0) is 31.2 Å². The van der Waals surface area contributed by atoms with E-state index in [1.54, 1.807) is 24.4 Å². The van der Waals surface area contributed by atoms with Crippen molar-refractivity contribution in [3.8, 4) is 0 Å². The highest BCUT2D eigenvalue weighted by molar-refractivity contribution is 7.93. The molecule has 0 saturated carbocycles. The Labute approximate surface area is 115 Å². The second-order valence-electron chi connectivity index (χ2n) is 3.69. The van der Waals surface area contributed by atoms with Gasteiger partial charge in [0.15, 0.2) is 5.13 Å². The topological polar surface area (TPSA) is 97.4 Å². The van der Waals surface area contributed by atoms with E-state index in [-0.39, 0.29) is 4.90 Å². The number of sulfonamides is 1. The van der Waals surface area contributed by atoms with Gasteiger partial charge in [0.1, 0.15) is 0 Å². The average Bonchev–Trinajstić information content (AvgIpc) is 2.81. The third-order valence-corrected chi connectivity index (χ3v) is 4.28. The number of thiazole rings is 1.